The predicted octanol–water partition coefficient (Wildman–Crippen LogP) is 13.2. The molecular formula is C35H72ClO4P. The van der Waals surface area contributed by atoms with Crippen LogP contribution in [0.15, 0.2) is 0 Å². The van der Waals surface area contributed by atoms with Crippen LogP contribution < -0.4 is 0 Å². The molecule has 6 heteroatoms. The van der Waals surface area contributed by atoms with Crippen LogP contribution in [0.3, 0.4) is 0 Å². The zero-order valence-corrected chi connectivity index (χ0v) is 28.9. The summed E-state index contributed by atoms with van der Waals surface area (Å²) in [5.74, 6) is 0.836. The van der Waals surface area contributed by atoms with Crippen LogP contribution in [-0.4, -0.2) is 22.3 Å². The van der Waals surface area contributed by atoms with Crippen molar-refractivity contribution in [1.29, 1.82) is 0 Å². The molecule has 0 rings (SSSR count). The zero-order valence-electron chi connectivity index (χ0n) is 27.3. The number of hydrogen-bond donors (Lipinski definition) is 2. The first-order valence-electron chi connectivity index (χ1n) is 18.3. The quantitative estimate of drug-likeness (QED) is 0.0414. The fraction of sp³-hybridized carbons (Fsp3) is 1.00. The molecule has 0 aromatic carbocycles. The van der Waals surface area contributed by atoms with E-state index >= 15 is 0 Å². The Morgan fingerprint density at radius 2 is 0.512 bits per heavy atom. The van der Waals surface area contributed by atoms with Crippen molar-refractivity contribution < 1.29 is 18.9 Å². The highest BCUT2D eigenvalue weighted by Gasteiger charge is 2.12. The molecule has 0 saturated heterocycles. The van der Waals surface area contributed by atoms with Crippen LogP contribution in [0.2, 0.25) is 0 Å². The molecule has 4 nitrogen and oxygen atoms in total. The van der Waals surface area contributed by atoms with Crippen molar-refractivity contribution in [2.75, 3.05) is 12.5 Å². The van der Waals surface area contributed by atoms with Crippen LogP contribution in [0.4, 0.5) is 0 Å². The minimum absolute atomic E-state index is 0.169. The minimum atomic E-state index is -4.27. The summed E-state index contributed by atoms with van der Waals surface area (Å²) < 4.78 is 15.0. The Morgan fingerprint density at radius 1 is 0.341 bits per heavy atom. The van der Waals surface area contributed by atoms with Crippen molar-refractivity contribution in [2.45, 2.75) is 212 Å². The van der Waals surface area contributed by atoms with Crippen LogP contribution in [-0.2, 0) is 9.09 Å². The normalized spacial score (nSPS) is 12.0. The number of unbranched alkanes of at least 4 members (excludes halogenated alkanes) is 32. The third-order valence-corrected chi connectivity index (χ3v) is 9.32. The molecule has 0 fully saturated rings. The highest BCUT2D eigenvalue weighted by molar-refractivity contribution is 7.46. The van der Waals surface area contributed by atoms with Gasteiger partial charge in [0.2, 0.25) is 0 Å². The Balaban J connectivity index is 3.05. The largest absolute Gasteiger partial charge is 0.469 e. The summed E-state index contributed by atoms with van der Waals surface area (Å²) >= 11 is 5.72. The third kappa shape index (κ3) is 40.4. The van der Waals surface area contributed by atoms with Gasteiger partial charge in [-0.15, -0.1) is 11.6 Å². The van der Waals surface area contributed by atoms with Gasteiger partial charge in [-0.1, -0.05) is 199 Å². The van der Waals surface area contributed by atoms with Gasteiger partial charge in [-0.05, 0) is 12.8 Å². The van der Waals surface area contributed by atoms with E-state index < -0.39 is 7.82 Å². The molecule has 2 N–H and O–H groups in total. The molecule has 0 aromatic heterocycles. The first-order chi connectivity index (χ1) is 20.1. The second-order valence-electron chi connectivity index (χ2n) is 12.7. The van der Waals surface area contributed by atoms with Crippen LogP contribution >= 0.6 is 19.4 Å². The van der Waals surface area contributed by atoms with E-state index in [4.69, 9.17) is 21.4 Å². The lowest BCUT2D eigenvalue weighted by Gasteiger charge is -2.05. The van der Waals surface area contributed by atoms with E-state index in [0.717, 1.165) is 25.1 Å². The molecule has 0 aromatic rings. The average molecular weight is 623 g/mol. The molecule has 0 bridgehead atoms. The Kier molecular flexibility index (Phi) is 35.2. The van der Waals surface area contributed by atoms with E-state index in [1.54, 1.807) is 0 Å². The van der Waals surface area contributed by atoms with Crippen molar-refractivity contribution in [3.63, 3.8) is 0 Å². The van der Waals surface area contributed by atoms with E-state index in [9.17, 15) is 4.57 Å². The van der Waals surface area contributed by atoms with Crippen LogP contribution in [0.25, 0.3) is 0 Å². The van der Waals surface area contributed by atoms with Crippen molar-refractivity contribution in [3.05, 3.63) is 0 Å². The summed E-state index contributed by atoms with van der Waals surface area (Å²) in [4.78, 5) is 17.3. The monoisotopic (exact) mass is 622 g/mol. The van der Waals surface area contributed by atoms with E-state index in [0.29, 0.717) is 0 Å². The summed E-state index contributed by atoms with van der Waals surface area (Å²) in [6.07, 6.45) is 45.2. The molecule has 248 valence electrons. The van der Waals surface area contributed by atoms with Crippen molar-refractivity contribution in [1.82, 2.24) is 0 Å². The van der Waals surface area contributed by atoms with Crippen molar-refractivity contribution in [3.8, 4) is 0 Å². The Morgan fingerprint density at radius 3 is 0.683 bits per heavy atom. The molecule has 0 saturated carbocycles. The lowest BCUT2D eigenvalue weighted by Crippen LogP contribution is -1.92. The maximum absolute atomic E-state index is 10.6. The van der Waals surface area contributed by atoms with Gasteiger partial charge in [-0.25, -0.2) is 4.57 Å². The zero-order chi connectivity index (χ0) is 30.0. The standard InChI is InChI=1S/C35H72ClO4P/c36-34-32-30-28-26-24-22-20-18-16-14-12-10-8-6-4-2-1-3-5-7-9-11-13-15-17-19-21-23-25-27-29-31-33-35-40-41(37,38)39/h1-35H2,(H2,37,38,39). The summed E-state index contributed by atoms with van der Waals surface area (Å²) in [6.45, 7) is 0.169. The lowest BCUT2D eigenvalue weighted by atomic mass is 10.0. The second kappa shape index (κ2) is 34.9. The maximum atomic E-state index is 10.6. The summed E-state index contributed by atoms with van der Waals surface area (Å²) in [7, 11) is -4.27. The molecule has 0 unspecified atom stereocenters. The number of alkyl halides is 1. The molecule has 0 aliphatic rings. The second-order valence-corrected chi connectivity index (χ2v) is 14.3. The number of phosphoric ester groups is 1. The Bertz CT molecular complexity index is 528. The highest BCUT2D eigenvalue weighted by Crippen LogP contribution is 2.35. The summed E-state index contributed by atoms with van der Waals surface area (Å²) in [5, 5.41) is 0. The minimum Gasteiger partial charge on any atom is -0.303 e. The molecule has 0 aliphatic carbocycles. The first kappa shape index (κ1) is 41.4. The smallest absolute Gasteiger partial charge is 0.303 e. The molecular weight excluding hydrogens is 551 g/mol. The van der Waals surface area contributed by atoms with Gasteiger partial charge >= 0.3 is 7.82 Å². The van der Waals surface area contributed by atoms with Gasteiger partial charge < -0.3 is 9.79 Å². The van der Waals surface area contributed by atoms with Gasteiger partial charge in [0, 0.05) is 5.88 Å². The summed E-state index contributed by atoms with van der Waals surface area (Å²) in [6, 6.07) is 0. The molecule has 0 spiro atoms. The molecule has 0 atom stereocenters. The van der Waals surface area contributed by atoms with Gasteiger partial charge in [0.05, 0.1) is 6.61 Å². The van der Waals surface area contributed by atoms with E-state index in [2.05, 4.69) is 4.52 Å². The van der Waals surface area contributed by atoms with E-state index in [1.165, 1.54) is 193 Å². The van der Waals surface area contributed by atoms with Gasteiger partial charge in [-0.2, -0.15) is 0 Å². The molecule has 0 radical (unpaired) electrons. The van der Waals surface area contributed by atoms with Crippen molar-refractivity contribution >= 4 is 19.4 Å². The Labute approximate surface area is 262 Å². The SMILES string of the molecule is O=P(O)(O)OCCCCCCCCCCCCCCCCCCCCCCCCCCCCCCCCCCCCl. The first-order valence-corrected chi connectivity index (χ1v) is 20.4. The fourth-order valence-electron chi connectivity index (χ4n) is 5.86. The molecule has 0 heterocycles. The number of rotatable bonds is 36. The topological polar surface area (TPSA) is 66.8 Å². The van der Waals surface area contributed by atoms with E-state index in [-0.39, 0.29) is 6.61 Å². The van der Waals surface area contributed by atoms with Gasteiger partial charge in [0.1, 0.15) is 0 Å². The Hall–Kier alpha value is 0.400. The van der Waals surface area contributed by atoms with Crippen LogP contribution in [0.1, 0.15) is 212 Å². The fourth-order valence-corrected chi connectivity index (χ4v) is 6.42. The number of phosphoric acid groups is 1. The van der Waals surface area contributed by atoms with Gasteiger partial charge in [-0.3, -0.25) is 4.52 Å². The number of halogens is 1. The molecule has 41 heavy (non-hydrogen) atoms. The molecule has 0 aliphatic heterocycles. The lowest BCUT2D eigenvalue weighted by molar-refractivity contribution is 0.193. The molecule has 0 amide bonds. The van der Waals surface area contributed by atoms with Crippen LogP contribution in [0, 0.1) is 0 Å². The van der Waals surface area contributed by atoms with Crippen molar-refractivity contribution in [2.24, 2.45) is 0 Å². The number of hydrogen-bond acceptors (Lipinski definition) is 2. The highest BCUT2D eigenvalue weighted by atomic mass is 35.5. The third-order valence-electron chi connectivity index (χ3n) is 8.54. The van der Waals surface area contributed by atoms with Gasteiger partial charge in [0.25, 0.3) is 0 Å². The summed E-state index contributed by atoms with van der Waals surface area (Å²) in [5.41, 5.74) is 0. The average Bonchev–Trinajstić information content (AvgIpc) is 2.94. The predicted molar refractivity (Wildman–Crippen MR) is 181 cm³/mol. The van der Waals surface area contributed by atoms with Crippen LogP contribution in [0.5, 0.6) is 0 Å². The maximum Gasteiger partial charge on any atom is 0.469 e. The van der Waals surface area contributed by atoms with E-state index in [1.807, 2.05) is 0 Å². The van der Waals surface area contributed by atoms with Gasteiger partial charge in [0.15, 0.2) is 0 Å².